The highest BCUT2D eigenvalue weighted by atomic mass is 32.9. The summed E-state index contributed by atoms with van der Waals surface area (Å²) in [4.78, 5) is 3.36. The molecule has 2 aromatic rings. The van der Waals surface area contributed by atoms with Crippen LogP contribution in [0.3, 0.4) is 0 Å². The number of aromatic hydroxyl groups is 1. The fraction of sp³-hybridized carbons (Fsp3) is 0.500. The highest BCUT2D eigenvalue weighted by molar-refractivity contribution is 7.80. The van der Waals surface area contributed by atoms with Gasteiger partial charge in [-0.2, -0.15) is 0 Å². The van der Waals surface area contributed by atoms with Gasteiger partial charge in [0, 0.05) is 12.1 Å². The van der Waals surface area contributed by atoms with Gasteiger partial charge in [-0.15, -0.1) is 0 Å². The molecule has 0 aliphatic heterocycles. The van der Waals surface area contributed by atoms with Gasteiger partial charge in [0.1, 0.15) is 9.57 Å². The summed E-state index contributed by atoms with van der Waals surface area (Å²) >= 11 is 5.55. The number of unbranched alkanes of at least 4 members (excludes halogenated alkanes) is 3. The maximum atomic E-state index is 10.1. The summed E-state index contributed by atoms with van der Waals surface area (Å²) < 4.78 is 1.03. The largest absolute Gasteiger partial charge is 0.508 e. The molecule has 0 amide bonds. The summed E-state index contributed by atoms with van der Waals surface area (Å²) in [7, 11) is 7.49. The summed E-state index contributed by atoms with van der Waals surface area (Å²) in [5, 5.41) is 10.1. The van der Waals surface area contributed by atoms with Crippen molar-refractivity contribution in [3.05, 3.63) is 33.1 Å². The van der Waals surface area contributed by atoms with Crippen LogP contribution in [0, 0.1) is 3.82 Å². The lowest BCUT2D eigenvalue weighted by molar-refractivity contribution is 0.386. The van der Waals surface area contributed by atoms with Gasteiger partial charge in [-0.3, -0.25) is 0 Å². The van der Waals surface area contributed by atoms with Crippen molar-refractivity contribution in [2.45, 2.75) is 45.6 Å². The Kier molecular flexibility index (Phi) is 7.21. The molecular weight excluding hydrogens is 342 g/mol. The molecule has 1 heterocycles. The Hall–Kier alpha value is -0.750. The third-order valence-corrected chi connectivity index (χ3v) is 7.02. The number of nitrogens with zero attached hydrogens (tertiary/aromatic N) is 1. The van der Waals surface area contributed by atoms with E-state index in [1.165, 1.54) is 41.7 Å². The molecule has 5 heteroatoms. The lowest BCUT2D eigenvalue weighted by Crippen LogP contribution is -2.10. The predicted molar refractivity (Wildman–Crippen MR) is 105 cm³/mol. The van der Waals surface area contributed by atoms with Crippen molar-refractivity contribution in [1.82, 2.24) is 4.90 Å². The molecule has 0 atom stereocenters. The van der Waals surface area contributed by atoms with Crippen molar-refractivity contribution in [3.63, 3.8) is 0 Å². The number of phenolic OH excluding ortho intramolecular Hbond substituents is 1. The number of rotatable bonds is 8. The number of hydrogen-bond donors (Lipinski definition) is 1. The van der Waals surface area contributed by atoms with Crippen LogP contribution in [0.1, 0.15) is 43.7 Å². The minimum atomic E-state index is 0.366. The van der Waals surface area contributed by atoms with E-state index in [4.69, 9.17) is 12.2 Å². The number of benzene rings is 1. The third kappa shape index (κ3) is 5.11. The molecule has 0 unspecified atom stereocenters. The first-order chi connectivity index (χ1) is 11.0. The van der Waals surface area contributed by atoms with Gasteiger partial charge < -0.3 is 10.0 Å². The van der Waals surface area contributed by atoms with E-state index < -0.39 is 0 Å². The lowest BCUT2D eigenvalue weighted by Gasteiger charge is -2.13. The van der Waals surface area contributed by atoms with Crippen LogP contribution >= 0.6 is 32.9 Å². The van der Waals surface area contributed by atoms with Gasteiger partial charge in [0.2, 0.25) is 0 Å². The standard InChI is InChI=1S/C18H25NOS3/c1-4-5-6-7-8-15-17(22-23-18(15)21)13-9-10-16(20)14(11-13)12-19(2)3/h9-11,20H,4-8,12H2,1-3H3. The second kappa shape index (κ2) is 8.92. The Labute approximate surface area is 151 Å². The molecule has 2 nitrogen and oxygen atoms in total. The normalized spacial score (nSPS) is 11.3. The molecule has 23 heavy (non-hydrogen) atoms. The zero-order valence-electron chi connectivity index (χ0n) is 14.1. The summed E-state index contributed by atoms with van der Waals surface area (Å²) in [6.45, 7) is 2.97. The van der Waals surface area contributed by atoms with E-state index >= 15 is 0 Å². The predicted octanol–water partition coefficient (Wildman–Crippen LogP) is 6.10. The Bertz CT molecular complexity index is 688. The van der Waals surface area contributed by atoms with Crippen LogP contribution in [0.15, 0.2) is 18.2 Å². The Morgan fingerprint density at radius 2 is 1.91 bits per heavy atom. The maximum absolute atomic E-state index is 10.1. The molecule has 0 saturated carbocycles. The summed E-state index contributed by atoms with van der Waals surface area (Å²) in [6, 6.07) is 5.93. The molecule has 0 radical (unpaired) electrons. The smallest absolute Gasteiger partial charge is 0.120 e. The number of hydrogen-bond acceptors (Lipinski definition) is 5. The van der Waals surface area contributed by atoms with Crippen LogP contribution < -0.4 is 0 Å². The highest BCUT2D eigenvalue weighted by Gasteiger charge is 2.13. The quantitative estimate of drug-likeness (QED) is 0.346. The zero-order chi connectivity index (χ0) is 16.8. The van der Waals surface area contributed by atoms with E-state index in [-0.39, 0.29) is 0 Å². The van der Waals surface area contributed by atoms with Crippen molar-refractivity contribution in [3.8, 4) is 16.2 Å². The molecule has 1 aromatic heterocycles. The van der Waals surface area contributed by atoms with Crippen LogP contribution in [0.25, 0.3) is 10.4 Å². The zero-order valence-corrected chi connectivity index (χ0v) is 16.5. The summed E-state index contributed by atoms with van der Waals surface area (Å²) in [6.07, 6.45) is 6.09. The second-order valence-electron chi connectivity index (χ2n) is 6.15. The number of phenols is 1. The fourth-order valence-corrected chi connectivity index (χ4v) is 5.63. The molecule has 126 valence electrons. The molecule has 0 bridgehead atoms. The molecule has 1 N–H and O–H groups in total. The van der Waals surface area contributed by atoms with Crippen molar-refractivity contribution in [1.29, 1.82) is 0 Å². The monoisotopic (exact) mass is 367 g/mol. The van der Waals surface area contributed by atoms with Crippen LogP contribution in [0.5, 0.6) is 5.75 Å². The Morgan fingerprint density at radius 1 is 1.13 bits per heavy atom. The SMILES string of the molecule is CCCCCCc1c(-c2ccc(O)c(CN(C)C)c2)ssc1=S. The fourth-order valence-electron chi connectivity index (χ4n) is 2.63. The van der Waals surface area contributed by atoms with Gasteiger partial charge in [0.25, 0.3) is 0 Å². The molecule has 0 aliphatic carbocycles. The van der Waals surface area contributed by atoms with E-state index in [1.54, 1.807) is 20.7 Å². The topological polar surface area (TPSA) is 23.5 Å². The molecule has 0 spiro atoms. The van der Waals surface area contributed by atoms with Gasteiger partial charge in [-0.25, -0.2) is 0 Å². The van der Waals surface area contributed by atoms with Gasteiger partial charge >= 0.3 is 0 Å². The molecule has 1 aromatic carbocycles. The van der Waals surface area contributed by atoms with Crippen molar-refractivity contribution < 1.29 is 5.11 Å². The molecular formula is C18H25NOS3. The van der Waals surface area contributed by atoms with Gasteiger partial charge in [-0.1, -0.05) is 59.1 Å². The van der Waals surface area contributed by atoms with Crippen LogP contribution in [0.4, 0.5) is 0 Å². The molecule has 2 rings (SSSR count). The molecule has 0 saturated heterocycles. The van der Waals surface area contributed by atoms with Crippen molar-refractivity contribution >= 4 is 32.9 Å². The lowest BCUT2D eigenvalue weighted by atomic mass is 10.0. The van der Waals surface area contributed by atoms with Crippen molar-refractivity contribution in [2.75, 3.05) is 14.1 Å². The Morgan fingerprint density at radius 3 is 2.61 bits per heavy atom. The van der Waals surface area contributed by atoms with E-state index in [0.29, 0.717) is 5.75 Å². The summed E-state index contributed by atoms with van der Waals surface area (Å²) in [5.74, 6) is 0.366. The van der Waals surface area contributed by atoms with Crippen molar-refractivity contribution in [2.24, 2.45) is 0 Å². The first-order valence-electron chi connectivity index (χ1n) is 8.12. The van der Waals surface area contributed by atoms with E-state index in [0.717, 1.165) is 22.4 Å². The Balaban J connectivity index is 2.26. The van der Waals surface area contributed by atoms with Crippen LogP contribution in [-0.2, 0) is 13.0 Å². The maximum Gasteiger partial charge on any atom is 0.120 e. The van der Waals surface area contributed by atoms with E-state index in [9.17, 15) is 5.11 Å². The van der Waals surface area contributed by atoms with Gasteiger partial charge in [0.05, 0.1) is 4.88 Å². The third-order valence-electron chi connectivity index (χ3n) is 3.83. The van der Waals surface area contributed by atoms with Gasteiger partial charge in [-0.05, 0) is 56.3 Å². The molecule has 0 fully saturated rings. The highest BCUT2D eigenvalue weighted by Crippen LogP contribution is 2.37. The second-order valence-corrected chi connectivity index (χ2v) is 8.97. The van der Waals surface area contributed by atoms with Crippen LogP contribution in [0.2, 0.25) is 0 Å². The first-order valence-corrected chi connectivity index (χ1v) is 10.7. The minimum Gasteiger partial charge on any atom is -0.508 e. The van der Waals surface area contributed by atoms with E-state index in [2.05, 4.69) is 17.9 Å². The average molecular weight is 368 g/mol. The minimum absolute atomic E-state index is 0.366. The first kappa shape index (κ1) is 18.6. The van der Waals surface area contributed by atoms with Gasteiger partial charge in [0.15, 0.2) is 0 Å². The van der Waals surface area contributed by atoms with E-state index in [1.807, 2.05) is 26.2 Å². The average Bonchev–Trinajstić information content (AvgIpc) is 2.87. The van der Waals surface area contributed by atoms with Crippen LogP contribution in [-0.4, -0.2) is 24.1 Å². The molecule has 0 aliphatic rings. The summed E-state index contributed by atoms with van der Waals surface area (Å²) in [5.41, 5.74) is 3.48.